The fourth-order valence-corrected chi connectivity index (χ4v) is 11.9. The van der Waals surface area contributed by atoms with Crippen LogP contribution in [-0.2, 0) is 0 Å². The highest BCUT2D eigenvalue weighted by atomic mass is 32.1. The Labute approximate surface area is 393 Å². The predicted octanol–water partition coefficient (Wildman–Crippen LogP) is 19.0. The van der Waals surface area contributed by atoms with Crippen LogP contribution in [0.2, 0.25) is 0 Å². The quantitative estimate of drug-likeness (QED) is 0.143. The summed E-state index contributed by atoms with van der Waals surface area (Å²) in [5.41, 5.74) is 16.5. The maximum absolute atomic E-state index is 2.35. The van der Waals surface area contributed by atoms with E-state index in [4.69, 9.17) is 0 Å². The minimum absolute atomic E-state index is 1.11. The number of thiophene rings is 2. The van der Waals surface area contributed by atoms with Crippen molar-refractivity contribution in [2.45, 2.75) is 13.8 Å². The van der Waals surface area contributed by atoms with E-state index in [0.29, 0.717) is 0 Å². The number of benzene rings is 10. The topological polar surface area (TPSA) is 6.48 Å². The summed E-state index contributed by atoms with van der Waals surface area (Å²) in [6.45, 7) is 4.28. The average Bonchev–Trinajstić information content (AvgIpc) is 3.95. The zero-order valence-corrected chi connectivity index (χ0v) is 38.3. The molecule has 314 valence electrons. The summed E-state index contributed by atoms with van der Waals surface area (Å²) >= 11 is 3.75. The minimum Gasteiger partial charge on any atom is -0.311 e. The molecular weight excluding hydrogens is 837 g/mol. The fourth-order valence-electron chi connectivity index (χ4n) is 9.42. The summed E-state index contributed by atoms with van der Waals surface area (Å²) in [4.78, 5) is 4.70. The van der Waals surface area contributed by atoms with E-state index in [9.17, 15) is 0 Å². The molecule has 0 unspecified atom stereocenters. The van der Waals surface area contributed by atoms with E-state index in [1.807, 2.05) is 22.7 Å². The van der Waals surface area contributed by atoms with Crippen LogP contribution in [0.25, 0.3) is 73.7 Å². The first-order valence-electron chi connectivity index (χ1n) is 22.5. The lowest BCUT2D eigenvalue weighted by molar-refractivity contribution is 1.27. The van der Waals surface area contributed by atoms with Crippen LogP contribution in [-0.4, -0.2) is 0 Å². The highest BCUT2D eigenvalue weighted by Crippen LogP contribution is 2.44. The molecule has 0 saturated heterocycles. The van der Waals surface area contributed by atoms with Crippen molar-refractivity contribution < 1.29 is 0 Å². The van der Waals surface area contributed by atoms with E-state index < -0.39 is 0 Å². The maximum atomic E-state index is 2.35. The van der Waals surface area contributed by atoms with Crippen molar-refractivity contribution in [2.75, 3.05) is 9.80 Å². The second kappa shape index (κ2) is 16.7. The fraction of sp³-hybridized carbons (Fsp3) is 0.0323. The molecule has 2 nitrogen and oxygen atoms in total. The van der Waals surface area contributed by atoms with Gasteiger partial charge < -0.3 is 9.80 Å². The van der Waals surface area contributed by atoms with Crippen LogP contribution in [0, 0.1) is 13.8 Å². The SMILES string of the molecule is Cc1ccc(N(c2ccc(-c3ccc(N(c4ccc(C)cc4)c4ccc(-c5cccc6c5sc5ccccc56)cc4)cc3)cc2)c2ccc(-c3cccc4c3sc3ccccc34)cc2)cc1. The van der Waals surface area contributed by atoms with E-state index in [-0.39, 0.29) is 0 Å². The Balaban J connectivity index is 0.844. The van der Waals surface area contributed by atoms with Crippen molar-refractivity contribution >= 4 is 97.1 Å². The molecule has 0 aliphatic carbocycles. The number of rotatable bonds is 9. The molecule has 0 N–H and O–H groups in total. The van der Waals surface area contributed by atoms with Gasteiger partial charge in [0.1, 0.15) is 0 Å². The van der Waals surface area contributed by atoms with Gasteiger partial charge in [-0.05, 0) is 132 Å². The van der Waals surface area contributed by atoms with Crippen molar-refractivity contribution in [3.05, 3.63) is 242 Å². The highest BCUT2D eigenvalue weighted by molar-refractivity contribution is 7.26. The van der Waals surface area contributed by atoms with E-state index in [1.54, 1.807) is 0 Å². The zero-order chi connectivity index (χ0) is 44.1. The Kier molecular flexibility index (Phi) is 10.0. The van der Waals surface area contributed by atoms with Gasteiger partial charge in [-0.2, -0.15) is 0 Å². The molecule has 0 saturated carbocycles. The van der Waals surface area contributed by atoms with Gasteiger partial charge in [0.25, 0.3) is 0 Å². The monoisotopic (exact) mass is 880 g/mol. The molecular formula is C62H44N2S2. The first-order valence-corrected chi connectivity index (χ1v) is 24.1. The van der Waals surface area contributed by atoms with Gasteiger partial charge in [-0.1, -0.05) is 157 Å². The lowest BCUT2D eigenvalue weighted by Gasteiger charge is -2.26. The zero-order valence-electron chi connectivity index (χ0n) is 36.7. The summed E-state index contributed by atoms with van der Waals surface area (Å²) in [7, 11) is 0. The molecule has 0 radical (unpaired) electrons. The third-order valence-electron chi connectivity index (χ3n) is 12.9. The Hall–Kier alpha value is -7.76. The number of hydrogen-bond donors (Lipinski definition) is 0. The first-order chi connectivity index (χ1) is 32.5. The van der Waals surface area contributed by atoms with Crippen molar-refractivity contribution in [3.8, 4) is 33.4 Å². The Morgan fingerprint density at radius 2 is 0.545 bits per heavy atom. The van der Waals surface area contributed by atoms with E-state index in [0.717, 1.165) is 34.1 Å². The molecule has 0 aliphatic rings. The van der Waals surface area contributed by atoms with E-state index in [2.05, 4.69) is 254 Å². The van der Waals surface area contributed by atoms with Crippen molar-refractivity contribution in [1.29, 1.82) is 0 Å². The van der Waals surface area contributed by atoms with Crippen molar-refractivity contribution in [3.63, 3.8) is 0 Å². The van der Waals surface area contributed by atoms with Gasteiger partial charge in [-0.15, -0.1) is 22.7 Å². The summed E-state index contributed by atoms with van der Waals surface area (Å²) in [5, 5.41) is 5.28. The normalized spacial score (nSPS) is 11.5. The van der Waals surface area contributed by atoms with E-state index >= 15 is 0 Å². The van der Waals surface area contributed by atoms with Crippen LogP contribution in [0.5, 0.6) is 0 Å². The highest BCUT2D eigenvalue weighted by Gasteiger charge is 2.18. The first kappa shape index (κ1) is 39.8. The molecule has 2 heterocycles. The van der Waals surface area contributed by atoms with Gasteiger partial charge in [0, 0.05) is 74.5 Å². The Bertz CT molecular complexity index is 3430. The van der Waals surface area contributed by atoms with Crippen LogP contribution in [0.1, 0.15) is 11.1 Å². The van der Waals surface area contributed by atoms with Gasteiger partial charge in [0.2, 0.25) is 0 Å². The molecule has 66 heavy (non-hydrogen) atoms. The van der Waals surface area contributed by atoms with Crippen molar-refractivity contribution in [2.24, 2.45) is 0 Å². The molecule has 0 amide bonds. The lowest BCUT2D eigenvalue weighted by Crippen LogP contribution is -2.10. The van der Waals surface area contributed by atoms with Gasteiger partial charge in [-0.25, -0.2) is 0 Å². The van der Waals surface area contributed by atoms with Gasteiger partial charge in [-0.3, -0.25) is 0 Å². The van der Waals surface area contributed by atoms with Crippen LogP contribution in [0.3, 0.4) is 0 Å². The summed E-state index contributed by atoms with van der Waals surface area (Å²) in [6.07, 6.45) is 0. The molecule has 0 fully saturated rings. The average molecular weight is 881 g/mol. The summed E-state index contributed by atoms with van der Waals surface area (Å²) in [5.74, 6) is 0. The Morgan fingerprint density at radius 1 is 0.258 bits per heavy atom. The number of hydrogen-bond acceptors (Lipinski definition) is 4. The van der Waals surface area contributed by atoms with E-state index in [1.165, 1.54) is 84.9 Å². The molecule has 12 rings (SSSR count). The molecule has 0 aliphatic heterocycles. The van der Waals surface area contributed by atoms with Crippen LogP contribution >= 0.6 is 22.7 Å². The van der Waals surface area contributed by atoms with Crippen molar-refractivity contribution in [1.82, 2.24) is 0 Å². The predicted molar refractivity (Wildman–Crippen MR) is 287 cm³/mol. The minimum atomic E-state index is 1.11. The third-order valence-corrected chi connectivity index (χ3v) is 15.3. The molecule has 0 bridgehead atoms. The Morgan fingerprint density at radius 3 is 0.894 bits per heavy atom. The second-order valence-electron chi connectivity index (χ2n) is 17.1. The lowest BCUT2D eigenvalue weighted by atomic mass is 10.0. The van der Waals surface area contributed by atoms with Gasteiger partial charge >= 0.3 is 0 Å². The van der Waals surface area contributed by atoms with Crippen LogP contribution < -0.4 is 9.80 Å². The van der Waals surface area contributed by atoms with Crippen LogP contribution in [0.15, 0.2) is 231 Å². The third kappa shape index (κ3) is 7.21. The smallest absolute Gasteiger partial charge is 0.0462 e. The van der Waals surface area contributed by atoms with Crippen LogP contribution in [0.4, 0.5) is 34.1 Å². The molecule has 10 aromatic carbocycles. The largest absolute Gasteiger partial charge is 0.311 e. The number of fused-ring (bicyclic) bond motifs is 6. The molecule has 4 heteroatoms. The number of aryl methyl sites for hydroxylation is 2. The number of anilines is 6. The molecule has 12 aromatic rings. The summed E-state index contributed by atoms with van der Waals surface area (Å²) in [6, 6.07) is 84.5. The maximum Gasteiger partial charge on any atom is 0.0462 e. The summed E-state index contributed by atoms with van der Waals surface area (Å²) < 4.78 is 5.31. The number of nitrogens with zero attached hydrogens (tertiary/aromatic N) is 2. The molecule has 0 spiro atoms. The standard InChI is InChI=1S/C62H44N2S2/c1-41-17-29-47(30-18-41)63(51-37-25-45(26-38-51)53-11-7-13-57-55-9-3-5-15-59(55)65-61(53)57)49-33-21-43(22-34-49)44-23-35-50(36-24-44)64(48-31-19-42(2)20-32-48)52-39-27-46(28-40-52)54-12-8-14-58-56-10-4-6-16-60(56)66-62(54)58/h3-40H,1-2H3. The van der Waals surface area contributed by atoms with Gasteiger partial charge in [0.05, 0.1) is 0 Å². The molecule has 0 atom stereocenters. The van der Waals surface area contributed by atoms with Gasteiger partial charge in [0.15, 0.2) is 0 Å². The second-order valence-corrected chi connectivity index (χ2v) is 19.2. The molecule has 2 aromatic heterocycles.